The molecule has 3 nitrogen and oxygen atoms in total. The van der Waals surface area contributed by atoms with E-state index in [0.29, 0.717) is 19.5 Å². The predicted molar refractivity (Wildman–Crippen MR) is 86.2 cm³/mol. The minimum absolute atomic E-state index is 0.0353. The number of carbonyl (C=O) groups excluding carboxylic acids is 1. The molecule has 0 aromatic heterocycles. The number of hydrogen-bond acceptors (Lipinski definition) is 2. The van der Waals surface area contributed by atoms with Crippen LogP contribution in [0.5, 0.6) is 0 Å². The van der Waals surface area contributed by atoms with Crippen LogP contribution in [-0.4, -0.2) is 22.5 Å². The average molecular weight is 313 g/mol. The third-order valence-corrected chi connectivity index (χ3v) is 4.42. The summed E-state index contributed by atoms with van der Waals surface area (Å²) in [4.78, 5) is 14.3. The lowest BCUT2D eigenvalue weighted by molar-refractivity contribution is -0.137. The second-order valence-electron chi connectivity index (χ2n) is 6.29. The molecule has 2 aromatic rings. The number of nitrogens with zero attached hydrogens (tertiary/aromatic N) is 1. The molecular formula is C19H20FNO2. The van der Waals surface area contributed by atoms with Gasteiger partial charge in [-0.1, -0.05) is 36.4 Å². The van der Waals surface area contributed by atoms with Crippen LogP contribution in [0.2, 0.25) is 0 Å². The second-order valence-corrected chi connectivity index (χ2v) is 6.29. The maximum Gasteiger partial charge on any atom is 0.226 e. The molecule has 0 unspecified atom stereocenters. The van der Waals surface area contributed by atoms with Crippen LogP contribution in [0.25, 0.3) is 0 Å². The van der Waals surface area contributed by atoms with Gasteiger partial charge >= 0.3 is 0 Å². The van der Waals surface area contributed by atoms with Crippen LogP contribution in [0.15, 0.2) is 48.5 Å². The summed E-state index contributed by atoms with van der Waals surface area (Å²) in [5, 5.41) is 10.6. The summed E-state index contributed by atoms with van der Waals surface area (Å²) in [5.41, 5.74) is 1.48. The quantitative estimate of drug-likeness (QED) is 0.946. The summed E-state index contributed by atoms with van der Waals surface area (Å²) in [6.07, 6.45) is 0.680. The Balaban J connectivity index is 1.71. The summed E-state index contributed by atoms with van der Waals surface area (Å²) < 4.78 is 13.2. The summed E-state index contributed by atoms with van der Waals surface area (Å²) in [7, 11) is 0. The van der Waals surface area contributed by atoms with Gasteiger partial charge in [-0.05, 0) is 42.2 Å². The molecule has 0 bridgehead atoms. The Bertz CT molecular complexity index is 713. The lowest BCUT2D eigenvalue weighted by Gasteiger charge is -2.32. The van der Waals surface area contributed by atoms with Crippen LogP contribution < -0.4 is 0 Å². The molecular weight excluding hydrogens is 293 g/mol. The van der Waals surface area contributed by atoms with Gasteiger partial charge in [0.05, 0.1) is 12.0 Å². The Hall–Kier alpha value is -2.20. The van der Waals surface area contributed by atoms with Crippen molar-refractivity contribution in [1.82, 2.24) is 4.90 Å². The summed E-state index contributed by atoms with van der Waals surface area (Å²) >= 11 is 0. The third-order valence-electron chi connectivity index (χ3n) is 4.42. The summed E-state index contributed by atoms with van der Waals surface area (Å²) in [5.74, 6) is -0.329. The highest BCUT2D eigenvalue weighted by molar-refractivity contribution is 5.77. The first-order chi connectivity index (χ1) is 11.0. The normalized spacial score (nSPS) is 16.6. The van der Waals surface area contributed by atoms with Crippen molar-refractivity contribution in [1.29, 1.82) is 0 Å². The van der Waals surface area contributed by atoms with E-state index >= 15 is 0 Å². The number of fused-ring (bicyclic) bond motifs is 1. The highest BCUT2D eigenvalue weighted by Crippen LogP contribution is 2.27. The van der Waals surface area contributed by atoms with E-state index in [4.69, 9.17) is 0 Å². The number of halogens is 1. The van der Waals surface area contributed by atoms with Crippen LogP contribution in [0, 0.1) is 5.82 Å². The van der Waals surface area contributed by atoms with Crippen LogP contribution in [0.4, 0.5) is 4.39 Å². The predicted octanol–water partition coefficient (Wildman–Crippen LogP) is 3.01. The first-order valence-electron chi connectivity index (χ1n) is 7.79. The first kappa shape index (κ1) is 15.7. The van der Waals surface area contributed by atoms with Crippen molar-refractivity contribution < 1.29 is 14.3 Å². The van der Waals surface area contributed by atoms with Crippen LogP contribution in [-0.2, 0) is 23.4 Å². The van der Waals surface area contributed by atoms with Gasteiger partial charge in [0.15, 0.2) is 0 Å². The number of rotatable bonds is 3. The molecule has 0 aliphatic carbocycles. The molecule has 1 aliphatic heterocycles. The molecule has 0 radical (unpaired) electrons. The monoisotopic (exact) mass is 313 g/mol. The standard InChI is InChI=1S/C19H20FNO2/c1-19(23,16-5-3-2-4-6-16)12-18(22)21-10-9-14-11-17(20)8-7-15(14)13-21/h2-8,11,23H,9-10,12-13H2,1H3/t19-/m0/s1. The zero-order valence-electron chi connectivity index (χ0n) is 13.1. The van der Waals surface area contributed by atoms with Gasteiger partial charge in [-0.15, -0.1) is 0 Å². The maximum atomic E-state index is 13.2. The molecule has 0 saturated carbocycles. The maximum absolute atomic E-state index is 13.2. The molecule has 1 atom stereocenters. The van der Waals surface area contributed by atoms with Crippen molar-refractivity contribution in [3.63, 3.8) is 0 Å². The number of hydrogen-bond donors (Lipinski definition) is 1. The minimum Gasteiger partial charge on any atom is -0.385 e. The van der Waals surface area contributed by atoms with Crippen molar-refractivity contribution >= 4 is 5.91 Å². The van der Waals surface area contributed by atoms with Crippen LogP contribution in [0.3, 0.4) is 0 Å². The van der Waals surface area contributed by atoms with Gasteiger partial charge in [-0.3, -0.25) is 4.79 Å². The lowest BCUT2D eigenvalue weighted by atomic mass is 9.91. The molecule has 3 rings (SSSR count). The number of carbonyl (C=O) groups is 1. The minimum atomic E-state index is -1.19. The van der Waals surface area contributed by atoms with Crippen LogP contribution >= 0.6 is 0 Å². The van der Waals surface area contributed by atoms with E-state index in [1.165, 1.54) is 12.1 Å². The van der Waals surface area contributed by atoms with Crippen molar-refractivity contribution in [3.8, 4) is 0 Å². The zero-order valence-corrected chi connectivity index (χ0v) is 13.1. The Labute approximate surface area is 135 Å². The van der Waals surface area contributed by atoms with Gasteiger partial charge in [0.1, 0.15) is 5.82 Å². The smallest absolute Gasteiger partial charge is 0.226 e. The SMILES string of the molecule is C[C@](O)(CC(=O)N1CCc2cc(F)ccc2C1)c1ccccc1. The molecule has 120 valence electrons. The van der Waals surface area contributed by atoms with E-state index in [0.717, 1.165) is 16.7 Å². The number of benzene rings is 2. The van der Waals surface area contributed by atoms with E-state index in [1.54, 1.807) is 17.9 Å². The lowest BCUT2D eigenvalue weighted by Crippen LogP contribution is -2.39. The van der Waals surface area contributed by atoms with Crippen molar-refractivity contribution in [2.45, 2.75) is 31.9 Å². The fourth-order valence-electron chi connectivity index (χ4n) is 3.04. The van der Waals surface area contributed by atoms with E-state index in [9.17, 15) is 14.3 Å². The molecule has 2 aromatic carbocycles. The van der Waals surface area contributed by atoms with Crippen LogP contribution in [0.1, 0.15) is 30.0 Å². The second kappa shape index (κ2) is 6.13. The molecule has 0 saturated heterocycles. The number of amides is 1. The van der Waals surface area contributed by atoms with Gasteiger partial charge in [0.25, 0.3) is 0 Å². The molecule has 23 heavy (non-hydrogen) atoms. The van der Waals surface area contributed by atoms with E-state index in [2.05, 4.69) is 0 Å². The Kier molecular flexibility index (Phi) is 4.18. The summed E-state index contributed by atoms with van der Waals surface area (Å²) in [6.45, 7) is 2.69. The largest absolute Gasteiger partial charge is 0.385 e. The van der Waals surface area contributed by atoms with E-state index < -0.39 is 5.60 Å². The Morgan fingerprint density at radius 2 is 1.96 bits per heavy atom. The highest BCUT2D eigenvalue weighted by atomic mass is 19.1. The number of aliphatic hydroxyl groups is 1. The van der Waals surface area contributed by atoms with Gasteiger partial charge in [-0.25, -0.2) is 4.39 Å². The summed E-state index contributed by atoms with van der Waals surface area (Å²) in [6, 6.07) is 13.9. The van der Waals surface area contributed by atoms with Gasteiger partial charge in [-0.2, -0.15) is 0 Å². The van der Waals surface area contributed by atoms with E-state index in [1.807, 2.05) is 30.3 Å². The topological polar surface area (TPSA) is 40.5 Å². The molecule has 1 amide bonds. The van der Waals surface area contributed by atoms with Gasteiger partial charge < -0.3 is 10.0 Å². The van der Waals surface area contributed by atoms with Crippen molar-refractivity contribution in [3.05, 3.63) is 71.0 Å². The average Bonchev–Trinajstić information content (AvgIpc) is 2.54. The molecule has 1 N–H and O–H groups in total. The van der Waals surface area contributed by atoms with Crippen molar-refractivity contribution in [2.75, 3.05) is 6.54 Å². The zero-order chi connectivity index (χ0) is 16.4. The first-order valence-corrected chi connectivity index (χ1v) is 7.79. The molecule has 4 heteroatoms. The fraction of sp³-hybridized carbons (Fsp3) is 0.316. The van der Waals surface area contributed by atoms with Crippen molar-refractivity contribution in [2.24, 2.45) is 0 Å². The highest BCUT2D eigenvalue weighted by Gasteiger charge is 2.30. The van der Waals surface area contributed by atoms with Gasteiger partial charge in [0, 0.05) is 13.1 Å². The third kappa shape index (κ3) is 3.42. The molecule has 1 heterocycles. The molecule has 1 aliphatic rings. The van der Waals surface area contributed by atoms with E-state index in [-0.39, 0.29) is 18.1 Å². The van der Waals surface area contributed by atoms with Gasteiger partial charge in [0.2, 0.25) is 5.91 Å². The molecule has 0 spiro atoms. The Morgan fingerprint density at radius 1 is 1.22 bits per heavy atom. The fourth-order valence-corrected chi connectivity index (χ4v) is 3.04. The Morgan fingerprint density at radius 3 is 2.70 bits per heavy atom. The molecule has 0 fully saturated rings.